The molecular formula is C18H20ClNO2. The fourth-order valence-electron chi connectivity index (χ4n) is 2.18. The standard InChI is InChI=1S/C18H20ClNO2/c1-3-13-9-5-7-11-15(13)20-18(21)16(4-2)22-17-12-8-6-10-14(17)19/h5-12,16H,3-4H2,1-2H3,(H,20,21)/t16-/m0/s1. The molecule has 0 saturated heterocycles. The summed E-state index contributed by atoms with van der Waals surface area (Å²) in [5.74, 6) is 0.360. The molecule has 2 aromatic carbocycles. The average molecular weight is 318 g/mol. The minimum atomic E-state index is -0.579. The van der Waals surface area contributed by atoms with Gasteiger partial charge < -0.3 is 10.1 Å². The second-order valence-electron chi connectivity index (χ2n) is 4.95. The van der Waals surface area contributed by atoms with Crippen molar-refractivity contribution in [3.05, 3.63) is 59.1 Å². The van der Waals surface area contributed by atoms with Crippen molar-refractivity contribution in [1.29, 1.82) is 0 Å². The van der Waals surface area contributed by atoms with Gasteiger partial charge in [-0.05, 0) is 36.6 Å². The topological polar surface area (TPSA) is 38.3 Å². The molecule has 2 rings (SSSR count). The van der Waals surface area contributed by atoms with Crippen LogP contribution in [0.2, 0.25) is 5.02 Å². The number of hydrogen-bond acceptors (Lipinski definition) is 2. The third-order valence-corrected chi connectivity index (χ3v) is 3.74. The van der Waals surface area contributed by atoms with E-state index in [1.807, 2.05) is 43.3 Å². The lowest BCUT2D eigenvalue weighted by Crippen LogP contribution is -2.32. The zero-order valence-electron chi connectivity index (χ0n) is 12.8. The van der Waals surface area contributed by atoms with Gasteiger partial charge in [0.2, 0.25) is 0 Å². The summed E-state index contributed by atoms with van der Waals surface area (Å²) in [5, 5.41) is 3.45. The van der Waals surface area contributed by atoms with Gasteiger partial charge in [0.15, 0.2) is 6.10 Å². The van der Waals surface area contributed by atoms with Crippen LogP contribution in [0.25, 0.3) is 0 Å². The molecule has 0 bridgehead atoms. The van der Waals surface area contributed by atoms with Crippen LogP contribution in [0, 0.1) is 0 Å². The van der Waals surface area contributed by atoms with E-state index in [-0.39, 0.29) is 5.91 Å². The van der Waals surface area contributed by atoms with E-state index in [4.69, 9.17) is 16.3 Å². The van der Waals surface area contributed by atoms with Gasteiger partial charge in [-0.3, -0.25) is 4.79 Å². The van der Waals surface area contributed by atoms with Crippen molar-refractivity contribution >= 4 is 23.2 Å². The Hall–Kier alpha value is -2.00. The molecule has 1 N–H and O–H groups in total. The maximum Gasteiger partial charge on any atom is 0.265 e. The summed E-state index contributed by atoms with van der Waals surface area (Å²) in [7, 11) is 0. The lowest BCUT2D eigenvalue weighted by Gasteiger charge is -2.19. The number of carbonyl (C=O) groups excluding carboxylic acids is 1. The Kier molecular flexibility index (Phi) is 5.84. The van der Waals surface area contributed by atoms with Crippen LogP contribution in [0.4, 0.5) is 5.69 Å². The number of carbonyl (C=O) groups is 1. The Labute approximate surface area is 136 Å². The van der Waals surface area contributed by atoms with E-state index in [2.05, 4.69) is 12.2 Å². The molecule has 0 radical (unpaired) electrons. The van der Waals surface area contributed by atoms with Crippen LogP contribution in [0.1, 0.15) is 25.8 Å². The number of hydrogen-bond donors (Lipinski definition) is 1. The number of halogens is 1. The first-order valence-corrected chi connectivity index (χ1v) is 7.83. The Morgan fingerprint density at radius 3 is 2.50 bits per heavy atom. The van der Waals surface area contributed by atoms with Crippen molar-refractivity contribution in [2.45, 2.75) is 32.8 Å². The van der Waals surface area contributed by atoms with Crippen molar-refractivity contribution in [2.75, 3.05) is 5.32 Å². The molecule has 22 heavy (non-hydrogen) atoms. The van der Waals surface area contributed by atoms with Gasteiger partial charge in [0.1, 0.15) is 5.75 Å². The van der Waals surface area contributed by atoms with E-state index in [0.717, 1.165) is 17.7 Å². The van der Waals surface area contributed by atoms with Gasteiger partial charge >= 0.3 is 0 Å². The van der Waals surface area contributed by atoms with E-state index in [9.17, 15) is 4.79 Å². The van der Waals surface area contributed by atoms with Crippen LogP contribution in [0.3, 0.4) is 0 Å². The van der Waals surface area contributed by atoms with Gasteiger partial charge in [-0.1, -0.05) is 55.8 Å². The van der Waals surface area contributed by atoms with Crippen molar-refractivity contribution in [3.63, 3.8) is 0 Å². The maximum atomic E-state index is 12.4. The summed E-state index contributed by atoms with van der Waals surface area (Å²) in [5.41, 5.74) is 1.93. The van der Waals surface area contributed by atoms with Crippen molar-refractivity contribution < 1.29 is 9.53 Å². The number of rotatable bonds is 6. The van der Waals surface area contributed by atoms with E-state index < -0.39 is 6.10 Å². The molecule has 1 amide bonds. The summed E-state index contributed by atoms with van der Waals surface area (Å²) < 4.78 is 5.76. The highest BCUT2D eigenvalue weighted by molar-refractivity contribution is 6.32. The number of benzene rings is 2. The van der Waals surface area contributed by atoms with Crippen LogP contribution in [-0.4, -0.2) is 12.0 Å². The molecule has 3 nitrogen and oxygen atoms in total. The Balaban J connectivity index is 2.11. The van der Waals surface area contributed by atoms with Crippen LogP contribution in [0.15, 0.2) is 48.5 Å². The number of ether oxygens (including phenoxy) is 1. The SMILES string of the molecule is CCc1ccccc1NC(=O)[C@H](CC)Oc1ccccc1Cl. The van der Waals surface area contributed by atoms with Crippen LogP contribution in [0.5, 0.6) is 5.75 Å². The first-order valence-electron chi connectivity index (χ1n) is 7.45. The Bertz CT molecular complexity index is 642. The summed E-state index contributed by atoms with van der Waals surface area (Å²) >= 11 is 6.08. The highest BCUT2D eigenvalue weighted by atomic mass is 35.5. The molecule has 1 atom stereocenters. The van der Waals surface area contributed by atoms with Gasteiger partial charge in [0.25, 0.3) is 5.91 Å². The summed E-state index contributed by atoms with van der Waals surface area (Å²) in [4.78, 5) is 12.4. The molecule has 0 unspecified atom stereocenters. The van der Waals surface area contributed by atoms with Crippen molar-refractivity contribution in [1.82, 2.24) is 0 Å². The highest BCUT2D eigenvalue weighted by Gasteiger charge is 2.20. The molecule has 0 saturated carbocycles. The van der Waals surface area contributed by atoms with Gasteiger partial charge in [-0.15, -0.1) is 0 Å². The van der Waals surface area contributed by atoms with Gasteiger partial charge in [-0.2, -0.15) is 0 Å². The number of anilines is 1. The third kappa shape index (κ3) is 4.01. The zero-order valence-corrected chi connectivity index (χ0v) is 13.6. The third-order valence-electron chi connectivity index (χ3n) is 3.43. The number of amides is 1. The van der Waals surface area contributed by atoms with E-state index in [1.54, 1.807) is 12.1 Å². The Morgan fingerprint density at radius 1 is 1.14 bits per heavy atom. The van der Waals surface area contributed by atoms with E-state index >= 15 is 0 Å². The second-order valence-corrected chi connectivity index (χ2v) is 5.35. The largest absolute Gasteiger partial charge is 0.479 e. The monoisotopic (exact) mass is 317 g/mol. The molecular weight excluding hydrogens is 298 g/mol. The number of nitrogens with one attached hydrogen (secondary N) is 1. The number of aryl methyl sites for hydroxylation is 1. The zero-order chi connectivity index (χ0) is 15.9. The number of para-hydroxylation sites is 2. The minimum Gasteiger partial charge on any atom is -0.479 e. The van der Waals surface area contributed by atoms with E-state index in [0.29, 0.717) is 17.2 Å². The fourth-order valence-corrected chi connectivity index (χ4v) is 2.36. The summed E-state index contributed by atoms with van der Waals surface area (Å²) in [6.45, 7) is 3.97. The van der Waals surface area contributed by atoms with Crippen molar-refractivity contribution in [3.8, 4) is 5.75 Å². The summed E-state index contributed by atoms with van der Waals surface area (Å²) in [6, 6.07) is 14.9. The minimum absolute atomic E-state index is 0.164. The predicted molar refractivity (Wildman–Crippen MR) is 90.6 cm³/mol. The van der Waals surface area contributed by atoms with Gasteiger partial charge in [0, 0.05) is 5.69 Å². The Morgan fingerprint density at radius 2 is 1.82 bits per heavy atom. The molecule has 0 spiro atoms. The van der Waals surface area contributed by atoms with Gasteiger partial charge in [0.05, 0.1) is 5.02 Å². The lowest BCUT2D eigenvalue weighted by molar-refractivity contribution is -0.122. The molecule has 0 aromatic heterocycles. The van der Waals surface area contributed by atoms with E-state index in [1.165, 1.54) is 0 Å². The molecule has 0 heterocycles. The normalized spacial score (nSPS) is 11.8. The lowest BCUT2D eigenvalue weighted by atomic mass is 10.1. The van der Waals surface area contributed by atoms with Crippen LogP contribution >= 0.6 is 11.6 Å². The fraction of sp³-hybridized carbons (Fsp3) is 0.278. The maximum absolute atomic E-state index is 12.4. The van der Waals surface area contributed by atoms with Gasteiger partial charge in [-0.25, -0.2) is 0 Å². The molecule has 2 aromatic rings. The van der Waals surface area contributed by atoms with Crippen molar-refractivity contribution in [2.24, 2.45) is 0 Å². The summed E-state index contributed by atoms with van der Waals surface area (Å²) in [6.07, 6.45) is 0.842. The molecule has 0 aliphatic rings. The quantitative estimate of drug-likeness (QED) is 0.838. The molecule has 0 fully saturated rings. The average Bonchev–Trinajstić information content (AvgIpc) is 2.54. The molecule has 4 heteroatoms. The first-order chi connectivity index (χ1) is 10.7. The molecule has 0 aliphatic carbocycles. The highest BCUT2D eigenvalue weighted by Crippen LogP contribution is 2.25. The molecule has 116 valence electrons. The second kappa shape index (κ2) is 7.85. The van der Waals surface area contributed by atoms with Crippen LogP contribution < -0.4 is 10.1 Å². The smallest absolute Gasteiger partial charge is 0.265 e. The molecule has 0 aliphatic heterocycles. The first kappa shape index (κ1) is 16.4. The van der Waals surface area contributed by atoms with Crippen LogP contribution in [-0.2, 0) is 11.2 Å². The predicted octanol–water partition coefficient (Wildman–Crippen LogP) is 4.70.